The zero-order chi connectivity index (χ0) is 15.1. The van der Waals surface area contributed by atoms with Gasteiger partial charge in [-0.25, -0.2) is 9.97 Å². The van der Waals surface area contributed by atoms with E-state index in [0.29, 0.717) is 0 Å². The molecule has 1 aromatic rings. The molecule has 1 aliphatic carbocycles. The van der Waals surface area contributed by atoms with Crippen molar-refractivity contribution in [2.24, 2.45) is 0 Å². The van der Waals surface area contributed by atoms with E-state index in [9.17, 15) is 0 Å². The third-order valence-electron chi connectivity index (χ3n) is 4.39. The molecule has 1 aliphatic rings. The Morgan fingerprint density at radius 3 is 2.62 bits per heavy atom. The number of hydrogen-bond donors (Lipinski definition) is 2. The normalized spacial score (nSPS) is 15.6. The molecule has 0 amide bonds. The second-order valence-electron chi connectivity index (χ2n) is 5.90. The molecule has 0 unspecified atom stereocenters. The maximum atomic E-state index is 4.42. The molecule has 0 aliphatic heterocycles. The van der Waals surface area contributed by atoms with Crippen LogP contribution in [0.4, 0.5) is 11.6 Å². The minimum atomic E-state index is 0.778. The molecule has 0 radical (unpaired) electrons. The third-order valence-corrected chi connectivity index (χ3v) is 4.39. The van der Waals surface area contributed by atoms with Crippen LogP contribution in [0.25, 0.3) is 0 Å². The highest BCUT2D eigenvalue weighted by molar-refractivity contribution is 5.57. The van der Waals surface area contributed by atoms with Gasteiger partial charge in [0.1, 0.15) is 18.0 Å². The molecule has 0 atom stereocenters. The van der Waals surface area contributed by atoms with Crippen LogP contribution < -0.4 is 10.6 Å². The zero-order valence-electron chi connectivity index (χ0n) is 13.7. The SMILES string of the molecule is CCCc1c(NC)ncnc1NCCN(C)C1CCCC1. The molecule has 1 aromatic heterocycles. The van der Waals surface area contributed by atoms with Gasteiger partial charge in [0.15, 0.2) is 0 Å². The van der Waals surface area contributed by atoms with Gasteiger partial charge < -0.3 is 15.5 Å². The minimum absolute atomic E-state index is 0.778. The number of rotatable bonds is 8. The first-order valence-electron chi connectivity index (χ1n) is 8.22. The fourth-order valence-corrected chi connectivity index (χ4v) is 3.15. The predicted molar refractivity (Wildman–Crippen MR) is 88.9 cm³/mol. The number of nitrogens with zero attached hydrogens (tertiary/aromatic N) is 3. The summed E-state index contributed by atoms with van der Waals surface area (Å²) in [5, 5.41) is 6.66. The summed E-state index contributed by atoms with van der Waals surface area (Å²) in [6.07, 6.45) is 9.22. The van der Waals surface area contributed by atoms with Crippen molar-refractivity contribution in [1.29, 1.82) is 0 Å². The van der Waals surface area contributed by atoms with Crippen molar-refractivity contribution in [1.82, 2.24) is 14.9 Å². The van der Waals surface area contributed by atoms with E-state index in [2.05, 4.69) is 39.5 Å². The molecule has 21 heavy (non-hydrogen) atoms. The van der Waals surface area contributed by atoms with Gasteiger partial charge in [-0.05, 0) is 26.3 Å². The molecule has 2 N–H and O–H groups in total. The summed E-state index contributed by atoms with van der Waals surface area (Å²) in [4.78, 5) is 11.2. The summed E-state index contributed by atoms with van der Waals surface area (Å²) >= 11 is 0. The maximum absolute atomic E-state index is 4.42. The van der Waals surface area contributed by atoms with Crippen LogP contribution in [0.1, 0.15) is 44.6 Å². The van der Waals surface area contributed by atoms with Crippen molar-refractivity contribution in [3.63, 3.8) is 0 Å². The smallest absolute Gasteiger partial charge is 0.134 e. The molecule has 1 fully saturated rings. The summed E-state index contributed by atoms with van der Waals surface area (Å²) in [5.41, 5.74) is 1.20. The molecule has 0 bridgehead atoms. The zero-order valence-corrected chi connectivity index (χ0v) is 13.7. The molecule has 1 saturated carbocycles. The summed E-state index contributed by atoms with van der Waals surface area (Å²) in [5.74, 6) is 1.93. The molecule has 0 saturated heterocycles. The first kappa shape index (κ1) is 16.0. The number of aromatic nitrogens is 2. The van der Waals surface area contributed by atoms with Gasteiger partial charge in [0, 0.05) is 31.7 Å². The van der Waals surface area contributed by atoms with Crippen LogP contribution in [0, 0.1) is 0 Å². The van der Waals surface area contributed by atoms with E-state index in [-0.39, 0.29) is 0 Å². The number of likely N-dealkylation sites (N-methyl/N-ethyl adjacent to an activating group) is 1. The highest BCUT2D eigenvalue weighted by atomic mass is 15.2. The Labute approximate surface area is 128 Å². The number of anilines is 2. The Kier molecular flexibility index (Phi) is 6.23. The Morgan fingerprint density at radius 1 is 1.24 bits per heavy atom. The molecular weight excluding hydrogens is 262 g/mol. The summed E-state index contributed by atoms with van der Waals surface area (Å²) < 4.78 is 0. The van der Waals surface area contributed by atoms with Crippen molar-refractivity contribution in [3.05, 3.63) is 11.9 Å². The van der Waals surface area contributed by atoms with Crippen molar-refractivity contribution < 1.29 is 0 Å². The van der Waals surface area contributed by atoms with Crippen molar-refractivity contribution in [3.8, 4) is 0 Å². The lowest BCUT2D eigenvalue weighted by Gasteiger charge is -2.24. The van der Waals surface area contributed by atoms with E-state index in [1.54, 1.807) is 6.33 Å². The van der Waals surface area contributed by atoms with Crippen LogP contribution in [0.2, 0.25) is 0 Å². The summed E-state index contributed by atoms with van der Waals surface area (Å²) in [6, 6.07) is 0.778. The molecule has 5 heteroatoms. The lowest BCUT2D eigenvalue weighted by atomic mass is 10.1. The van der Waals surface area contributed by atoms with Gasteiger partial charge in [0.2, 0.25) is 0 Å². The first-order chi connectivity index (χ1) is 10.3. The fraction of sp³-hybridized carbons (Fsp3) is 0.750. The standard InChI is InChI=1S/C16H29N5/c1-4-7-14-15(17-2)19-12-20-16(14)18-10-11-21(3)13-8-5-6-9-13/h12-13H,4-11H2,1-3H3,(H2,17,18,19,20). The molecule has 0 spiro atoms. The quantitative estimate of drug-likeness (QED) is 0.771. The van der Waals surface area contributed by atoms with Crippen LogP contribution in [0.3, 0.4) is 0 Å². The largest absolute Gasteiger partial charge is 0.373 e. The molecular formula is C16H29N5. The molecule has 118 valence electrons. The molecule has 0 aromatic carbocycles. The Morgan fingerprint density at radius 2 is 1.95 bits per heavy atom. The van der Waals surface area contributed by atoms with E-state index in [0.717, 1.165) is 43.6 Å². The Hall–Kier alpha value is -1.36. The van der Waals surface area contributed by atoms with Crippen LogP contribution in [-0.4, -0.2) is 48.1 Å². The van der Waals surface area contributed by atoms with Gasteiger partial charge in [-0.3, -0.25) is 0 Å². The fourth-order valence-electron chi connectivity index (χ4n) is 3.15. The summed E-state index contributed by atoms with van der Waals surface area (Å²) in [6.45, 7) is 4.18. The molecule has 5 nitrogen and oxygen atoms in total. The average Bonchev–Trinajstić information content (AvgIpc) is 3.03. The third kappa shape index (κ3) is 4.30. The second kappa shape index (κ2) is 8.17. The lowest BCUT2D eigenvalue weighted by Crippen LogP contribution is -2.33. The number of hydrogen-bond acceptors (Lipinski definition) is 5. The van der Waals surface area contributed by atoms with Gasteiger partial charge in [-0.2, -0.15) is 0 Å². The van der Waals surface area contributed by atoms with Gasteiger partial charge in [-0.1, -0.05) is 26.2 Å². The van der Waals surface area contributed by atoms with Crippen molar-refractivity contribution in [2.75, 3.05) is 37.8 Å². The lowest BCUT2D eigenvalue weighted by molar-refractivity contribution is 0.254. The van der Waals surface area contributed by atoms with E-state index in [4.69, 9.17) is 0 Å². The van der Waals surface area contributed by atoms with E-state index in [1.165, 1.54) is 31.2 Å². The van der Waals surface area contributed by atoms with E-state index in [1.807, 2.05) is 7.05 Å². The van der Waals surface area contributed by atoms with Crippen molar-refractivity contribution in [2.45, 2.75) is 51.5 Å². The average molecular weight is 291 g/mol. The highest BCUT2D eigenvalue weighted by Crippen LogP contribution is 2.23. The van der Waals surface area contributed by atoms with Crippen LogP contribution in [0.15, 0.2) is 6.33 Å². The van der Waals surface area contributed by atoms with Crippen LogP contribution >= 0.6 is 0 Å². The van der Waals surface area contributed by atoms with Gasteiger partial charge in [0.25, 0.3) is 0 Å². The first-order valence-corrected chi connectivity index (χ1v) is 8.22. The summed E-state index contributed by atoms with van der Waals surface area (Å²) in [7, 11) is 4.16. The van der Waals surface area contributed by atoms with E-state index < -0.39 is 0 Å². The van der Waals surface area contributed by atoms with Crippen LogP contribution in [0.5, 0.6) is 0 Å². The number of nitrogens with one attached hydrogen (secondary N) is 2. The maximum Gasteiger partial charge on any atom is 0.134 e. The monoisotopic (exact) mass is 291 g/mol. The van der Waals surface area contributed by atoms with Crippen molar-refractivity contribution >= 4 is 11.6 Å². The molecule has 2 rings (SSSR count). The van der Waals surface area contributed by atoms with Gasteiger partial charge >= 0.3 is 0 Å². The topological polar surface area (TPSA) is 53.1 Å². The Balaban J connectivity index is 1.89. The Bertz CT molecular complexity index is 429. The molecule has 1 heterocycles. The second-order valence-corrected chi connectivity index (χ2v) is 5.90. The highest BCUT2D eigenvalue weighted by Gasteiger charge is 2.19. The van der Waals surface area contributed by atoms with Gasteiger partial charge in [-0.15, -0.1) is 0 Å². The van der Waals surface area contributed by atoms with E-state index >= 15 is 0 Å². The predicted octanol–water partition coefficient (Wildman–Crippen LogP) is 2.76. The van der Waals surface area contributed by atoms with Gasteiger partial charge in [0.05, 0.1) is 0 Å². The minimum Gasteiger partial charge on any atom is -0.373 e. The van der Waals surface area contributed by atoms with Crippen LogP contribution in [-0.2, 0) is 6.42 Å².